The number of halogens is 1. The van der Waals surface area contributed by atoms with Crippen LogP contribution in [0, 0.1) is 0 Å². The van der Waals surface area contributed by atoms with Gasteiger partial charge in [0.1, 0.15) is 0 Å². The number of carbonyl (C=O) groups excluding carboxylic acids is 1. The van der Waals surface area contributed by atoms with Gasteiger partial charge in [-0.25, -0.2) is 0 Å². The third-order valence-electron chi connectivity index (χ3n) is 3.63. The van der Waals surface area contributed by atoms with Gasteiger partial charge in [0.05, 0.1) is 4.87 Å². The van der Waals surface area contributed by atoms with Crippen LogP contribution < -0.4 is 0 Å². The molecule has 92 valence electrons. The Morgan fingerprint density at radius 2 is 2.00 bits per heavy atom. The maximum absolute atomic E-state index is 12.2. The first-order chi connectivity index (χ1) is 7.24. The molecule has 16 heavy (non-hydrogen) atoms. The first-order valence-corrected chi connectivity index (χ1v) is 7.16. The summed E-state index contributed by atoms with van der Waals surface area (Å²) in [6.45, 7) is 8.75. The molecule has 2 saturated heterocycles. The standard InChI is InChI=1S/C12H20ClNOS/c1-11(2)9-7-8(13)5-6-10(15)14(9)12(3,4)16-11/h8-9H,5-7H2,1-4H3/t8-,9+/m0/s1. The SMILES string of the molecule is CC1(C)SC(C)(C)N2C(=O)CC[C@H](Cl)C[C@@H]21. The van der Waals surface area contributed by atoms with Crippen LogP contribution in [0.25, 0.3) is 0 Å². The van der Waals surface area contributed by atoms with E-state index >= 15 is 0 Å². The van der Waals surface area contributed by atoms with Crippen molar-refractivity contribution in [3.8, 4) is 0 Å². The second-order valence-corrected chi connectivity index (χ2v) is 8.68. The van der Waals surface area contributed by atoms with E-state index in [1.54, 1.807) is 0 Å². The van der Waals surface area contributed by atoms with Crippen LogP contribution in [-0.2, 0) is 4.79 Å². The van der Waals surface area contributed by atoms with Gasteiger partial charge < -0.3 is 4.90 Å². The molecule has 4 heteroatoms. The van der Waals surface area contributed by atoms with Gasteiger partial charge in [-0.15, -0.1) is 23.4 Å². The van der Waals surface area contributed by atoms with Crippen LogP contribution >= 0.6 is 23.4 Å². The molecule has 0 spiro atoms. The Bertz CT molecular complexity index is 316. The van der Waals surface area contributed by atoms with E-state index in [0.717, 1.165) is 12.8 Å². The summed E-state index contributed by atoms with van der Waals surface area (Å²) in [4.78, 5) is 14.2. The fraction of sp³-hybridized carbons (Fsp3) is 0.917. The van der Waals surface area contributed by atoms with E-state index in [0.29, 0.717) is 6.42 Å². The molecular formula is C12H20ClNOS. The van der Waals surface area contributed by atoms with Crippen molar-refractivity contribution in [1.29, 1.82) is 0 Å². The highest BCUT2D eigenvalue weighted by molar-refractivity contribution is 8.02. The fourth-order valence-corrected chi connectivity index (χ4v) is 5.30. The molecule has 2 aliphatic rings. The van der Waals surface area contributed by atoms with Gasteiger partial charge in [-0.3, -0.25) is 4.79 Å². The molecule has 2 heterocycles. The molecule has 2 atom stereocenters. The minimum absolute atomic E-state index is 0.0911. The van der Waals surface area contributed by atoms with Crippen LogP contribution in [0.2, 0.25) is 0 Å². The van der Waals surface area contributed by atoms with E-state index in [4.69, 9.17) is 11.6 Å². The van der Waals surface area contributed by atoms with Gasteiger partial charge in [-0.1, -0.05) is 0 Å². The monoisotopic (exact) mass is 261 g/mol. The Kier molecular flexibility index (Phi) is 2.99. The number of alkyl halides is 1. The van der Waals surface area contributed by atoms with E-state index in [1.165, 1.54) is 0 Å². The van der Waals surface area contributed by atoms with Crippen LogP contribution in [0.4, 0.5) is 0 Å². The number of hydrogen-bond donors (Lipinski definition) is 0. The molecular weight excluding hydrogens is 242 g/mol. The number of hydrogen-bond acceptors (Lipinski definition) is 2. The number of nitrogens with zero attached hydrogens (tertiary/aromatic N) is 1. The summed E-state index contributed by atoms with van der Waals surface area (Å²) >= 11 is 8.18. The lowest BCUT2D eigenvalue weighted by molar-refractivity contribution is -0.135. The largest absolute Gasteiger partial charge is 0.324 e. The number of thioether (sulfide) groups is 1. The smallest absolute Gasteiger partial charge is 0.224 e. The molecule has 0 unspecified atom stereocenters. The van der Waals surface area contributed by atoms with E-state index < -0.39 is 0 Å². The molecule has 0 N–H and O–H groups in total. The number of fused-ring (bicyclic) bond motifs is 1. The average Bonchev–Trinajstić information content (AvgIpc) is 2.25. The second-order valence-electron chi connectivity index (χ2n) is 5.80. The maximum Gasteiger partial charge on any atom is 0.224 e. The molecule has 0 aromatic carbocycles. The molecule has 0 radical (unpaired) electrons. The fourth-order valence-electron chi connectivity index (χ4n) is 3.07. The Morgan fingerprint density at radius 1 is 1.38 bits per heavy atom. The minimum atomic E-state index is -0.0911. The Hall–Kier alpha value is 0.110. The lowest BCUT2D eigenvalue weighted by atomic mass is 9.96. The number of carbonyl (C=O) groups is 1. The van der Waals surface area contributed by atoms with Gasteiger partial charge in [-0.05, 0) is 40.5 Å². The van der Waals surface area contributed by atoms with E-state index in [-0.39, 0.29) is 26.9 Å². The highest BCUT2D eigenvalue weighted by Gasteiger charge is 2.54. The molecule has 0 aromatic heterocycles. The van der Waals surface area contributed by atoms with Crippen molar-refractivity contribution in [1.82, 2.24) is 4.90 Å². The summed E-state index contributed by atoms with van der Waals surface area (Å²) in [7, 11) is 0. The Labute approximate surface area is 107 Å². The van der Waals surface area contributed by atoms with Gasteiger partial charge in [0, 0.05) is 22.6 Å². The lowest BCUT2D eigenvalue weighted by Gasteiger charge is -2.34. The van der Waals surface area contributed by atoms with Crippen LogP contribution in [0.5, 0.6) is 0 Å². The third kappa shape index (κ3) is 1.97. The van der Waals surface area contributed by atoms with Crippen molar-refractivity contribution in [2.24, 2.45) is 0 Å². The predicted octanol–water partition coefficient (Wildman–Crippen LogP) is 3.24. The molecule has 0 aromatic rings. The van der Waals surface area contributed by atoms with Crippen LogP contribution in [0.1, 0.15) is 47.0 Å². The molecule has 2 aliphatic heterocycles. The number of amides is 1. The average molecular weight is 262 g/mol. The summed E-state index contributed by atoms with van der Waals surface area (Å²) in [6.07, 6.45) is 2.35. The highest BCUT2D eigenvalue weighted by Crippen LogP contribution is 2.53. The molecule has 0 aliphatic carbocycles. The molecule has 2 rings (SSSR count). The maximum atomic E-state index is 12.2. The summed E-state index contributed by atoms with van der Waals surface area (Å²) in [6, 6.07) is 0.282. The van der Waals surface area contributed by atoms with Crippen LogP contribution in [0.15, 0.2) is 0 Å². The minimum Gasteiger partial charge on any atom is -0.324 e. The van der Waals surface area contributed by atoms with Crippen molar-refractivity contribution >= 4 is 29.3 Å². The van der Waals surface area contributed by atoms with Gasteiger partial charge in [0.25, 0.3) is 0 Å². The van der Waals surface area contributed by atoms with Crippen molar-refractivity contribution in [3.05, 3.63) is 0 Å². The van der Waals surface area contributed by atoms with Gasteiger partial charge in [0.2, 0.25) is 5.91 Å². The lowest BCUT2D eigenvalue weighted by Crippen LogP contribution is -2.48. The normalized spacial score (nSPS) is 37.1. The molecule has 0 bridgehead atoms. The van der Waals surface area contributed by atoms with E-state index in [1.807, 2.05) is 11.8 Å². The summed E-state index contributed by atoms with van der Waals surface area (Å²) in [5.74, 6) is 0.274. The summed E-state index contributed by atoms with van der Waals surface area (Å²) in [5, 5.41) is 0.146. The van der Waals surface area contributed by atoms with Crippen molar-refractivity contribution in [2.75, 3.05) is 0 Å². The topological polar surface area (TPSA) is 20.3 Å². The second kappa shape index (κ2) is 3.81. The zero-order valence-electron chi connectivity index (χ0n) is 10.4. The zero-order chi connectivity index (χ0) is 12.1. The van der Waals surface area contributed by atoms with Gasteiger partial charge >= 0.3 is 0 Å². The first-order valence-electron chi connectivity index (χ1n) is 5.90. The highest BCUT2D eigenvalue weighted by atomic mass is 35.5. The quantitative estimate of drug-likeness (QED) is 0.624. The number of rotatable bonds is 0. The summed E-state index contributed by atoms with van der Waals surface area (Å²) < 4.78 is 0.108. The third-order valence-corrected chi connectivity index (χ3v) is 5.52. The first kappa shape index (κ1) is 12.6. The van der Waals surface area contributed by atoms with E-state index in [2.05, 4.69) is 32.6 Å². The van der Waals surface area contributed by atoms with E-state index in [9.17, 15) is 4.79 Å². The van der Waals surface area contributed by atoms with Crippen molar-refractivity contribution in [3.63, 3.8) is 0 Å². The zero-order valence-corrected chi connectivity index (χ0v) is 12.0. The summed E-state index contributed by atoms with van der Waals surface area (Å²) in [5.41, 5.74) is 0. The van der Waals surface area contributed by atoms with Gasteiger partial charge in [0.15, 0.2) is 0 Å². The Morgan fingerprint density at radius 3 is 2.62 bits per heavy atom. The van der Waals surface area contributed by atoms with Crippen LogP contribution in [-0.4, -0.2) is 31.8 Å². The molecule has 2 nitrogen and oxygen atoms in total. The van der Waals surface area contributed by atoms with Crippen LogP contribution in [0.3, 0.4) is 0 Å². The van der Waals surface area contributed by atoms with Crippen molar-refractivity contribution in [2.45, 2.75) is 68.0 Å². The molecule has 2 fully saturated rings. The predicted molar refractivity (Wildman–Crippen MR) is 69.9 cm³/mol. The van der Waals surface area contributed by atoms with Crippen molar-refractivity contribution < 1.29 is 4.79 Å². The Balaban J connectivity index is 2.37. The van der Waals surface area contributed by atoms with Gasteiger partial charge in [-0.2, -0.15) is 0 Å². The molecule has 0 saturated carbocycles. The molecule has 1 amide bonds.